The Morgan fingerprint density at radius 1 is 1.04 bits per heavy atom. The molecule has 0 bridgehead atoms. The summed E-state index contributed by atoms with van der Waals surface area (Å²) in [5, 5.41) is 6.76. The molecule has 4 rings (SSSR count). The fraction of sp³-hybridized carbons (Fsp3) is 0.0556. The third kappa shape index (κ3) is 3.25. The standard InChI is InChI=1S/C18H14ClN5O/c19-14-8-6-12(7-9-14)11-20-17-22-18-21-15(10-16(25)24(18)23-17)13-4-2-1-3-5-13/h1-10H,11H2,(H2,20,21,22,23). The number of rotatable bonds is 4. The molecule has 6 nitrogen and oxygen atoms in total. The summed E-state index contributed by atoms with van der Waals surface area (Å²) in [6, 6.07) is 18.5. The molecule has 0 aliphatic carbocycles. The topological polar surface area (TPSA) is 75.1 Å². The van der Waals surface area contributed by atoms with Crippen LogP contribution >= 0.6 is 11.6 Å². The molecule has 2 N–H and O–H groups in total. The van der Waals surface area contributed by atoms with E-state index in [1.165, 1.54) is 10.6 Å². The second kappa shape index (κ2) is 6.41. The van der Waals surface area contributed by atoms with Crippen LogP contribution in [0.25, 0.3) is 17.0 Å². The van der Waals surface area contributed by atoms with Gasteiger partial charge in [0, 0.05) is 23.2 Å². The number of H-pyrrole nitrogens is 1. The number of nitrogens with zero attached hydrogens (tertiary/aromatic N) is 3. The summed E-state index contributed by atoms with van der Waals surface area (Å²) in [7, 11) is 0. The molecule has 0 fully saturated rings. The fourth-order valence-corrected chi connectivity index (χ4v) is 2.63. The zero-order chi connectivity index (χ0) is 17.2. The summed E-state index contributed by atoms with van der Waals surface area (Å²) in [4.78, 5) is 21.1. The van der Waals surface area contributed by atoms with Gasteiger partial charge in [-0.1, -0.05) is 54.1 Å². The molecule has 7 heteroatoms. The van der Waals surface area contributed by atoms with Crippen molar-refractivity contribution in [2.75, 3.05) is 5.32 Å². The summed E-state index contributed by atoms with van der Waals surface area (Å²) in [5.74, 6) is 0.801. The second-order valence-electron chi connectivity index (χ2n) is 5.53. The maximum Gasteiger partial charge on any atom is 0.274 e. The normalized spacial score (nSPS) is 10.9. The van der Waals surface area contributed by atoms with Crippen LogP contribution in [0.1, 0.15) is 5.56 Å². The van der Waals surface area contributed by atoms with Crippen LogP contribution < -0.4 is 10.9 Å². The summed E-state index contributed by atoms with van der Waals surface area (Å²) in [6.07, 6.45) is 0. The SMILES string of the molecule is O=c1cc(-c2ccccc2)nc2nc(NCc3ccc(Cl)cc3)[nH]n12. The number of benzene rings is 2. The van der Waals surface area contributed by atoms with Crippen LogP contribution in [0.5, 0.6) is 0 Å². The average Bonchev–Trinajstić information content (AvgIpc) is 3.06. The van der Waals surface area contributed by atoms with Crippen LogP contribution in [-0.4, -0.2) is 19.6 Å². The molecule has 0 aliphatic rings. The molecule has 0 unspecified atom stereocenters. The van der Waals surface area contributed by atoms with Crippen LogP contribution in [0.15, 0.2) is 65.5 Å². The van der Waals surface area contributed by atoms with Gasteiger partial charge in [-0.15, -0.1) is 0 Å². The van der Waals surface area contributed by atoms with Gasteiger partial charge in [0.1, 0.15) is 0 Å². The molecule has 0 atom stereocenters. The third-order valence-electron chi connectivity index (χ3n) is 3.77. The number of aromatic nitrogens is 4. The van der Waals surface area contributed by atoms with Gasteiger partial charge in [-0.3, -0.25) is 9.89 Å². The van der Waals surface area contributed by atoms with Crippen LogP contribution in [-0.2, 0) is 6.54 Å². The van der Waals surface area contributed by atoms with Crippen molar-refractivity contribution in [3.05, 3.63) is 81.6 Å². The second-order valence-corrected chi connectivity index (χ2v) is 5.97. The van der Waals surface area contributed by atoms with Gasteiger partial charge in [0.2, 0.25) is 5.95 Å². The lowest BCUT2D eigenvalue weighted by Gasteiger charge is -2.02. The van der Waals surface area contributed by atoms with Gasteiger partial charge in [-0.05, 0) is 17.7 Å². The highest BCUT2D eigenvalue weighted by atomic mass is 35.5. The monoisotopic (exact) mass is 351 g/mol. The maximum absolute atomic E-state index is 12.3. The number of hydrogen-bond acceptors (Lipinski definition) is 4. The smallest absolute Gasteiger partial charge is 0.274 e. The van der Waals surface area contributed by atoms with Gasteiger partial charge in [0.05, 0.1) is 5.69 Å². The number of anilines is 1. The van der Waals surface area contributed by atoms with E-state index in [1.54, 1.807) is 0 Å². The molecule has 4 aromatic rings. The third-order valence-corrected chi connectivity index (χ3v) is 4.03. The van der Waals surface area contributed by atoms with Crippen molar-refractivity contribution < 1.29 is 0 Å². The highest BCUT2D eigenvalue weighted by Gasteiger charge is 2.09. The van der Waals surface area contributed by atoms with Crippen LogP contribution in [0.3, 0.4) is 0 Å². The Kier molecular flexibility index (Phi) is 3.95. The molecule has 0 saturated carbocycles. The summed E-state index contributed by atoms with van der Waals surface area (Å²) in [5.41, 5.74) is 2.31. The van der Waals surface area contributed by atoms with Crippen molar-refractivity contribution in [3.8, 4) is 11.3 Å². The van der Waals surface area contributed by atoms with Gasteiger partial charge >= 0.3 is 0 Å². The zero-order valence-electron chi connectivity index (χ0n) is 13.1. The van der Waals surface area contributed by atoms with Gasteiger partial charge in [-0.25, -0.2) is 4.98 Å². The van der Waals surface area contributed by atoms with Crippen molar-refractivity contribution in [3.63, 3.8) is 0 Å². The van der Waals surface area contributed by atoms with Crippen molar-refractivity contribution in [2.24, 2.45) is 0 Å². The van der Waals surface area contributed by atoms with Crippen LogP contribution in [0.2, 0.25) is 5.02 Å². The number of aromatic amines is 1. The van der Waals surface area contributed by atoms with E-state index in [4.69, 9.17) is 11.6 Å². The predicted octanol–water partition coefficient (Wildman–Crippen LogP) is 3.35. The van der Waals surface area contributed by atoms with Gasteiger partial charge < -0.3 is 5.32 Å². The highest BCUT2D eigenvalue weighted by molar-refractivity contribution is 6.30. The summed E-state index contributed by atoms with van der Waals surface area (Å²) in [6.45, 7) is 0.553. The lowest BCUT2D eigenvalue weighted by molar-refractivity contribution is 0.897. The van der Waals surface area contributed by atoms with E-state index in [0.29, 0.717) is 29.0 Å². The first-order valence-corrected chi connectivity index (χ1v) is 8.10. The van der Waals surface area contributed by atoms with Gasteiger partial charge in [0.25, 0.3) is 11.3 Å². The van der Waals surface area contributed by atoms with Gasteiger partial charge in [-0.2, -0.15) is 9.50 Å². The Bertz CT molecular complexity index is 1070. The van der Waals surface area contributed by atoms with E-state index in [0.717, 1.165) is 11.1 Å². The van der Waals surface area contributed by atoms with Crippen LogP contribution in [0, 0.1) is 0 Å². The quantitative estimate of drug-likeness (QED) is 0.591. The molecule has 2 aromatic heterocycles. The highest BCUT2D eigenvalue weighted by Crippen LogP contribution is 2.15. The molecule has 0 amide bonds. The molecular formula is C18H14ClN5O. The Balaban J connectivity index is 1.62. The maximum atomic E-state index is 12.3. The van der Waals surface area contributed by atoms with E-state index < -0.39 is 0 Å². The molecule has 0 radical (unpaired) electrons. The molecule has 0 aliphatic heterocycles. The molecule has 2 heterocycles. The van der Waals surface area contributed by atoms with Crippen molar-refractivity contribution >= 4 is 23.3 Å². The summed E-state index contributed by atoms with van der Waals surface area (Å²) >= 11 is 5.88. The minimum Gasteiger partial charge on any atom is -0.351 e. The predicted molar refractivity (Wildman–Crippen MR) is 97.8 cm³/mol. The lowest BCUT2D eigenvalue weighted by Crippen LogP contribution is -2.14. The Morgan fingerprint density at radius 2 is 1.80 bits per heavy atom. The first-order valence-electron chi connectivity index (χ1n) is 7.72. The largest absolute Gasteiger partial charge is 0.351 e. The van der Waals surface area contributed by atoms with Gasteiger partial charge in [0.15, 0.2) is 0 Å². The van der Waals surface area contributed by atoms with E-state index in [-0.39, 0.29) is 5.56 Å². The Labute approximate surface area is 148 Å². The minimum absolute atomic E-state index is 0.212. The first-order chi connectivity index (χ1) is 12.2. The molecule has 2 aromatic carbocycles. The van der Waals surface area contributed by atoms with Crippen molar-refractivity contribution in [1.29, 1.82) is 0 Å². The average molecular weight is 352 g/mol. The number of halogens is 1. The minimum atomic E-state index is -0.212. The molecular weight excluding hydrogens is 338 g/mol. The van der Waals surface area contributed by atoms with Crippen molar-refractivity contribution in [1.82, 2.24) is 19.6 Å². The zero-order valence-corrected chi connectivity index (χ0v) is 13.9. The van der Waals surface area contributed by atoms with E-state index in [1.807, 2.05) is 54.6 Å². The summed E-state index contributed by atoms with van der Waals surface area (Å²) < 4.78 is 1.32. The van der Waals surface area contributed by atoms with Crippen LogP contribution in [0.4, 0.5) is 5.95 Å². The molecule has 25 heavy (non-hydrogen) atoms. The molecule has 124 valence electrons. The van der Waals surface area contributed by atoms with E-state index in [2.05, 4.69) is 20.4 Å². The first kappa shape index (κ1) is 15.4. The number of nitrogens with one attached hydrogen (secondary N) is 2. The molecule has 0 spiro atoms. The number of hydrogen-bond donors (Lipinski definition) is 2. The lowest BCUT2D eigenvalue weighted by atomic mass is 10.1. The van der Waals surface area contributed by atoms with E-state index >= 15 is 0 Å². The Hall–Kier alpha value is -3.12. The molecule has 0 saturated heterocycles. The fourth-order valence-electron chi connectivity index (χ4n) is 2.50. The van der Waals surface area contributed by atoms with E-state index in [9.17, 15) is 4.79 Å². The Morgan fingerprint density at radius 3 is 2.56 bits per heavy atom. The number of fused-ring (bicyclic) bond motifs is 1. The van der Waals surface area contributed by atoms with Crippen molar-refractivity contribution in [2.45, 2.75) is 6.54 Å².